The average molecular weight is 366 g/mol. The third-order valence-electron chi connectivity index (χ3n) is 2.53. The monoisotopic (exact) mass is 365 g/mol. The van der Waals surface area contributed by atoms with Gasteiger partial charge in [-0.3, -0.25) is 4.79 Å². The third kappa shape index (κ3) is 5.88. The van der Waals surface area contributed by atoms with Crippen molar-refractivity contribution in [2.75, 3.05) is 6.54 Å². The van der Waals surface area contributed by atoms with Crippen LogP contribution in [0.2, 0.25) is 0 Å². The Morgan fingerprint density at radius 2 is 1.91 bits per heavy atom. The second-order valence-electron chi connectivity index (χ2n) is 5.22. The molecule has 2 aromatic rings. The summed E-state index contributed by atoms with van der Waals surface area (Å²) in [4.78, 5) is 16.2. The smallest absolute Gasteiger partial charge is 0.270 e. The molecule has 1 aromatic carbocycles. The molecule has 0 saturated carbocycles. The van der Waals surface area contributed by atoms with Crippen molar-refractivity contribution < 1.29 is 9.18 Å². The van der Waals surface area contributed by atoms with Gasteiger partial charge in [0.15, 0.2) is 0 Å². The van der Waals surface area contributed by atoms with Crippen LogP contribution in [0.3, 0.4) is 0 Å². The van der Waals surface area contributed by atoms with E-state index >= 15 is 0 Å². The summed E-state index contributed by atoms with van der Waals surface area (Å²) in [5, 5.41) is 5.09. The molecule has 0 aliphatic carbocycles. The summed E-state index contributed by atoms with van der Waals surface area (Å²) >= 11 is 1.34. The van der Waals surface area contributed by atoms with Crippen molar-refractivity contribution in [2.45, 2.75) is 19.4 Å². The van der Waals surface area contributed by atoms with Crippen LogP contribution < -0.4 is 11.1 Å². The Hall–Kier alpha value is -1.21. The molecule has 1 amide bonds. The zero-order valence-electron chi connectivity index (χ0n) is 12.1. The lowest BCUT2D eigenvalue weighted by Crippen LogP contribution is -2.45. The normalized spacial score (nSPS) is 10.4. The molecular weight excluding hydrogens is 348 g/mol. The van der Waals surface area contributed by atoms with Gasteiger partial charge in [-0.25, -0.2) is 9.37 Å². The van der Waals surface area contributed by atoms with Gasteiger partial charge in [-0.1, -0.05) is 0 Å². The second kappa shape index (κ2) is 8.43. The molecule has 0 bridgehead atoms. The highest BCUT2D eigenvalue weighted by Crippen LogP contribution is 2.23. The maximum Gasteiger partial charge on any atom is 0.270 e. The zero-order chi connectivity index (χ0) is 14.8. The van der Waals surface area contributed by atoms with Crippen molar-refractivity contribution in [3.63, 3.8) is 0 Å². The van der Waals surface area contributed by atoms with Crippen molar-refractivity contribution in [3.05, 3.63) is 41.2 Å². The number of nitrogens with two attached hydrogens (primary N) is 1. The Kier molecular flexibility index (Phi) is 7.97. The predicted octanol–water partition coefficient (Wildman–Crippen LogP) is 3.26. The number of rotatable bonds is 4. The molecule has 0 radical (unpaired) electrons. The molecule has 22 heavy (non-hydrogen) atoms. The van der Waals surface area contributed by atoms with Crippen LogP contribution in [-0.4, -0.2) is 23.0 Å². The first-order chi connectivity index (χ1) is 9.35. The number of nitrogens with zero attached hydrogens (tertiary/aromatic N) is 1. The molecule has 0 fully saturated rings. The number of aromatic nitrogens is 1. The van der Waals surface area contributed by atoms with Gasteiger partial charge in [0.25, 0.3) is 5.91 Å². The molecular formula is C14H18Cl2FN3OS. The van der Waals surface area contributed by atoms with Crippen molar-refractivity contribution in [1.82, 2.24) is 10.3 Å². The van der Waals surface area contributed by atoms with Crippen LogP contribution in [0, 0.1) is 5.82 Å². The van der Waals surface area contributed by atoms with Gasteiger partial charge < -0.3 is 11.1 Å². The largest absolute Gasteiger partial charge is 0.349 e. The zero-order valence-corrected chi connectivity index (χ0v) is 14.6. The third-order valence-corrected chi connectivity index (χ3v) is 3.42. The highest BCUT2D eigenvalue weighted by Gasteiger charge is 2.16. The first-order valence-corrected chi connectivity index (χ1v) is 7.02. The SMILES string of the molecule is CC(C)(N)CNC(=O)c1csc(-c2ccc(F)cc2)n1.Cl.Cl. The summed E-state index contributed by atoms with van der Waals surface area (Å²) in [5.74, 6) is -0.554. The van der Waals surface area contributed by atoms with Gasteiger partial charge in [-0.15, -0.1) is 36.2 Å². The van der Waals surface area contributed by atoms with Crippen LogP contribution >= 0.6 is 36.2 Å². The Morgan fingerprint density at radius 1 is 1.32 bits per heavy atom. The average Bonchev–Trinajstić information content (AvgIpc) is 2.85. The Bertz CT molecular complexity index is 611. The maximum absolute atomic E-state index is 12.9. The fourth-order valence-corrected chi connectivity index (χ4v) is 2.31. The fourth-order valence-electron chi connectivity index (χ4n) is 1.50. The molecule has 1 aromatic heterocycles. The lowest BCUT2D eigenvalue weighted by atomic mass is 10.1. The summed E-state index contributed by atoms with van der Waals surface area (Å²) in [7, 11) is 0. The van der Waals surface area contributed by atoms with E-state index in [1.165, 1.54) is 23.5 Å². The van der Waals surface area contributed by atoms with Crippen LogP contribution in [0.5, 0.6) is 0 Å². The van der Waals surface area contributed by atoms with Gasteiger partial charge in [0, 0.05) is 23.0 Å². The number of amides is 1. The minimum Gasteiger partial charge on any atom is -0.349 e. The van der Waals surface area contributed by atoms with Crippen LogP contribution in [0.15, 0.2) is 29.6 Å². The van der Waals surface area contributed by atoms with E-state index in [1.54, 1.807) is 17.5 Å². The summed E-state index contributed by atoms with van der Waals surface area (Å²) < 4.78 is 12.9. The molecule has 0 unspecified atom stereocenters. The molecule has 0 spiro atoms. The molecule has 0 atom stereocenters. The second-order valence-corrected chi connectivity index (χ2v) is 6.07. The fraction of sp³-hybridized carbons (Fsp3) is 0.286. The predicted molar refractivity (Wildman–Crippen MR) is 92.6 cm³/mol. The molecule has 122 valence electrons. The van der Waals surface area contributed by atoms with Gasteiger partial charge in [-0.2, -0.15) is 0 Å². The standard InChI is InChI=1S/C14H16FN3OS.2ClH/c1-14(2,16)8-17-12(19)11-7-20-13(18-11)9-3-5-10(15)6-4-9;;/h3-7H,8,16H2,1-2H3,(H,17,19);2*1H. The van der Waals surface area contributed by atoms with Crippen molar-refractivity contribution in [3.8, 4) is 10.6 Å². The van der Waals surface area contributed by atoms with E-state index < -0.39 is 5.54 Å². The first-order valence-electron chi connectivity index (χ1n) is 6.14. The lowest BCUT2D eigenvalue weighted by Gasteiger charge is -2.18. The first kappa shape index (κ1) is 20.8. The quantitative estimate of drug-likeness (QED) is 0.873. The number of benzene rings is 1. The van der Waals surface area contributed by atoms with Gasteiger partial charge >= 0.3 is 0 Å². The van der Waals surface area contributed by atoms with Gasteiger partial charge in [0.1, 0.15) is 16.5 Å². The molecule has 3 N–H and O–H groups in total. The van der Waals surface area contributed by atoms with Gasteiger partial charge in [0.05, 0.1) is 0 Å². The van der Waals surface area contributed by atoms with Gasteiger partial charge in [0.2, 0.25) is 0 Å². The molecule has 0 aliphatic rings. The maximum atomic E-state index is 12.9. The van der Waals surface area contributed by atoms with Crippen LogP contribution in [-0.2, 0) is 0 Å². The van der Waals surface area contributed by atoms with E-state index in [0.29, 0.717) is 17.2 Å². The van der Waals surface area contributed by atoms with Gasteiger partial charge in [-0.05, 0) is 38.1 Å². The Balaban J connectivity index is 0.00000220. The van der Waals surface area contributed by atoms with E-state index in [-0.39, 0.29) is 36.5 Å². The van der Waals surface area contributed by atoms with E-state index in [1.807, 2.05) is 13.8 Å². The number of carbonyl (C=O) groups excluding carboxylic acids is 1. The molecule has 8 heteroatoms. The van der Waals surface area contributed by atoms with Crippen LogP contribution in [0.1, 0.15) is 24.3 Å². The van der Waals surface area contributed by atoms with Crippen molar-refractivity contribution >= 4 is 42.1 Å². The number of halogens is 3. The number of carbonyl (C=O) groups is 1. The highest BCUT2D eigenvalue weighted by atomic mass is 35.5. The van der Waals surface area contributed by atoms with E-state index in [2.05, 4.69) is 10.3 Å². The number of hydrogen-bond donors (Lipinski definition) is 2. The molecule has 0 saturated heterocycles. The number of hydrogen-bond acceptors (Lipinski definition) is 4. The highest BCUT2D eigenvalue weighted by molar-refractivity contribution is 7.13. The minimum absolute atomic E-state index is 0. The topological polar surface area (TPSA) is 68.0 Å². The van der Waals surface area contributed by atoms with E-state index in [0.717, 1.165) is 5.56 Å². The molecule has 1 heterocycles. The minimum atomic E-state index is -0.467. The number of nitrogens with one attached hydrogen (secondary N) is 1. The Labute approximate surface area is 145 Å². The summed E-state index contributed by atoms with van der Waals surface area (Å²) in [5.41, 5.74) is 6.47. The summed E-state index contributed by atoms with van der Waals surface area (Å²) in [6.45, 7) is 4.03. The van der Waals surface area contributed by atoms with E-state index in [4.69, 9.17) is 5.73 Å². The molecule has 4 nitrogen and oxygen atoms in total. The van der Waals surface area contributed by atoms with Crippen LogP contribution in [0.4, 0.5) is 4.39 Å². The Morgan fingerprint density at radius 3 is 2.45 bits per heavy atom. The van der Waals surface area contributed by atoms with Crippen molar-refractivity contribution in [1.29, 1.82) is 0 Å². The summed E-state index contributed by atoms with van der Waals surface area (Å²) in [6.07, 6.45) is 0. The van der Waals surface area contributed by atoms with E-state index in [9.17, 15) is 9.18 Å². The molecule has 0 aliphatic heterocycles. The van der Waals surface area contributed by atoms with Crippen molar-refractivity contribution in [2.24, 2.45) is 5.73 Å². The number of thiazole rings is 1. The molecule has 2 rings (SSSR count). The summed E-state index contributed by atoms with van der Waals surface area (Å²) in [6, 6.07) is 6.01. The lowest BCUT2D eigenvalue weighted by molar-refractivity contribution is 0.0942. The van der Waals surface area contributed by atoms with Crippen LogP contribution in [0.25, 0.3) is 10.6 Å².